The van der Waals surface area contributed by atoms with E-state index in [-0.39, 0.29) is 11.8 Å². The minimum atomic E-state index is -0.931. The highest BCUT2D eigenvalue weighted by molar-refractivity contribution is 5.34. The largest absolute Gasteiger partial charge is 0.457 e. The summed E-state index contributed by atoms with van der Waals surface area (Å²) in [6.07, 6.45) is 0. The van der Waals surface area contributed by atoms with Crippen LogP contribution in [0.15, 0.2) is 42.5 Å². The lowest BCUT2D eigenvalue weighted by Gasteiger charge is -2.08. The quantitative estimate of drug-likeness (QED) is 0.898. The maximum absolute atomic E-state index is 13.0. The first-order valence-electron chi connectivity index (χ1n) is 5.54. The fourth-order valence-corrected chi connectivity index (χ4v) is 1.52. The molecular weight excluding hydrogens is 236 g/mol. The Balaban J connectivity index is 2.15. The molecule has 0 heterocycles. The first-order chi connectivity index (χ1) is 8.56. The normalized spacial score (nSPS) is 12.2. The van der Waals surface area contributed by atoms with Crippen molar-refractivity contribution >= 4 is 0 Å². The number of hydrogen-bond donors (Lipinski definition) is 1. The molecule has 2 rings (SSSR count). The molecular formula is C14H13F2NO. The van der Waals surface area contributed by atoms with Crippen LogP contribution in [0, 0.1) is 11.6 Å². The summed E-state index contributed by atoms with van der Waals surface area (Å²) < 4.78 is 31.1. The van der Waals surface area contributed by atoms with Crippen molar-refractivity contribution in [1.82, 2.24) is 0 Å². The third kappa shape index (κ3) is 2.84. The number of benzene rings is 2. The van der Waals surface area contributed by atoms with E-state index < -0.39 is 11.6 Å². The average Bonchev–Trinajstić information content (AvgIpc) is 2.34. The van der Waals surface area contributed by atoms with Crippen molar-refractivity contribution in [2.45, 2.75) is 13.0 Å². The van der Waals surface area contributed by atoms with E-state index in [0.29, 0.717) is 5.75 Å². The Bertz CT molecular complexity index is 538. The smallest absolute Gasteiger partial charge is 0.162 e. The molecule has 2 N–H and O–H groups in total. The molecule has 2 aromatic carbocycles. The lowest BCUT2D eigenvalue weighted by molar-refractivity contribution is 0.461. The fourth-order valence-electron chi connectivity index (χ4n) is 1.52. The summed E-state index contributed by atoms with van der Waals surface area (Å²) in [5, 5.41) is 0. The Kier molecular flexibility index (Phi) is 3.58. The van der Waals surface area contributed by atoms with Crippen molar-refractivity contribution in [1.29, 1.82) is 0 Å². The molecule has 0 aromatic heterocycles. The molecule has 18 heavy (non-hydrogen) atoms. The maximum Gasteiger partial charge on any atom is 0.162 e. The van der Waals surface area contributed by atoms with E-state index in [1.54, 1.807) is 12.1 Å². The summed E-state index contributed by atoms with van der Waals surface area (Å²) in [5.74, 6) is -1.03. The number of halogens is 2. The van der Waals surface area contributed by atoms with Crippen LogP contribution in [0.3, 0.4) is 0 Å². The number of hydrogen-bond acceptors (Lipinski definition) is 2. The van der Waals surface area contributed by atoms with Gasteiger partial charge in [0, 0.05) is 12.1 Å². The first-order valence-corrected chi connectivity index (χ1v) is 5.54. The van der Waals surface area contributed by atoms with Gasteiger partial charge in [0.1, 0.15) is 11.5 Å². The van der Waals surface area contributed by atoms with Gasteiger partial charge in [-0.15, -0.1) is 0 Å². The zero-order valence-corrected chi connectivity index (χ0v) is 9.86. The Hall–Kier alpha value is -1.94. The van der Waals surface area contributed by atoms with E-state index in [1.807, 2.05) is 19.1 Å². The highest BCUT2D eigenvalue weighted by Crippen LogP contribution is 2.24. The second kappa shape index (κ2) is 5.14. The Morgan fingerprint density at radius 1 is 0.944 bits per heavy atom. The number of nitrogens with two attached hydrogens (primary N) is 1. The summed E-state index contributed by atoms with van der Waals surface area (Å²) in [4.78, 5) is 0. The van der Waals surface area contributed by atoms with E-state index in [4.69, 9.17) is 10.5 Å². The maximum atomic E-state index is 13.0. The van der Waals surface area contributed by atoms with Crippen molar-refractivity contribution in [3.8, 4) is 11.5 Å². The summed E-state index contributed by atoms with van der Waals surface area (Å²) in [7, 11) is 0. The second-order valence-electron chi connectivity index (χ2n) is 4.04. The zero-order valence-electron chi connectivity index (χ0n) is 9.86. The highest BCUT2D eigenvalue weighted by Gasteiger charge is 2.05. The molecule has 2 nitrogen and oxygen atoms in total. The predicted molar refractivity (Wildman–Crippen MR) is 65.5 cm³/mol. The molecule has 0 saturated carbocycles. The molecule has 0 saturated heterocycles. The fraction of sp³-hybridized carbons (Fsp3) is 0.143. The topological polar surface area (TPSA) is 35.2 Å². The van der Waals surface area contributed by atoms with Crippen LogP contribution in [0.25, 0.3) is 0 Å². The molecule has 2 aromatic rings. The van der Waals surface area contributed by atoms with Crippen LogP contribution in [0.1, 0.15) is 18.5 Å². The SMILES string of the molecule is C[C@@H](N)c1ccc(Oc2ccc(F)c(F)c2)cc1. The van der Waals surface area contributed by atoms with Crippen LogP contribution in [-0.2, 0) is 0 Å². The average molecular weight is 249 g/mol. The molecule has 4 heteroatoms. The van der Waals surface area contributed by atoms with Gasteiger partial charge in [-0.1, -0.05) is 12.1 Å². The monoisotopic (exact) mass is 249 g/mol. The predicted octanol–water partition coefficient (Wildman–Crippen LogP) is 3.78. The summed E-state index contributed by atoms with van der Waals surface area (Å²) in [6, 6.07) is 10.5. The molecule has 0 fully saturated rings. The summed E-state index contributed by atoms with van der Waals surface area (Å²) in [6.45, 7) is 1.88. The van der Waals surface area contributed by atoms with E-state index >= 15 is 0 Å². The van der Waals surface area contributed by atoms with Crippen molar-refractivity contribution in [2.24, 2.45) is 5.73 Å². The second-order valence-corrected chi connectivity index (χ2v) is 4.04. The van der Waals surface area contributed by atoms with Gasteiger partial charge in [0.05, 0.1) is 0 Å². The van der Waals surface area contributed by atoms with Crippen LogP contribution >= 0.6 is 0 Å². The minimum Gasteiger partial charge on any atom is -0.457 e. The van der Waals surface area contributed by atoms with Crippen molar-refractivity contribution in [3.63, 3.8) is 0 Å². The van der Waals surface area contributed by atoms with Crippen LogP contribution in [-0.4, -0.2) is 0 Å². The van der Waals surface area contributed by atoms with Gasteiger partial charge in [0.15, 0.2) is 11.6 Å². The highest BCUT2D eigenvalue weighted by atomic mass is 19.2. The molecule has 0 radical (unpaired) electrons. The Morgan fingerprint density at radius 3 is 2.11 bits per heavy atom. The molecule has 1 atom stereocenters. The molecule has 94 valence electrons. The van der Waals surface area contributed by atoms with Crippen LogP contribution < -0.4 is 10.5 Å². The van der Waals surface area contributed by atoms with E-state index in [2.05, 4.69) is 0 Å². The first kappa shape index (κ1) is 12.5. The third-order valence-corrected chi connectivity index (χ3v) is 2.53. The molecule has 0 amide bonds. The van der Waals surface area contributed by atoms with Gasteiger partial charge in [0.2, 0.25) is 0 Å². The van der Waals surface area contributed by atoms with Gasteiger partial charge in [-0.05, 0) is 36.8 Å². The van der Waals surface area contributed by atoms with E-state index in [1.165, 1.54) is 6.07 Å². The lowest BCUT2D eigenvalue weighted by Crippen LogP contribution is -2.04. The van der Waals surface area contributed by atoms with E-state index in [9.17, 15) is 8.78 Å². The summed E-state index contributed by atoms with van der Waals surface area (Å²) >= 11 is 0. The molecule has 0 unspecified atom stereocenters. The van der Waals surface area contributed by atoms with Gasteiger partial charge in [-0.2, -0.15) is 0 Å². The molecule has 0 aliphatic carbocycles. The van der Waals surface area contributed by atoms with Gasteiger partial charge >= 0.3 is 0 Å². The molecule has 0 aliphatic rings. The van der Waals surface area contributed by atoms with Gasteiger partial charge < -0.3 is 10.5 Å². The number of rotatable bonds is 3. The number of ether oxygens (including phenoxy) is 1. The van der Waals surface area contributed by atoms with Crippen LogP contribution in [0.4, 0.5) is 8.78 Å². The van der Waals surface area contributed by atoms with Crippen molar-refractivity contribution in [3.05, 3.63) is 59.7 Å². The van der Waals surface area contributed by atoms with E-state index in [0.717, 1.165) is 17.7 Å². The van der Waals surface area contributed by atoms with Gasteiger partial charge in [-0.3, -0.25) is 0 Å². The third-order valence-electron chi connectivity index (χ3n) is 2.53. The molecule has 0 bridgehead atoms. The van der Waals surface area contributed by atoms with Gasteiger partial charge in [0.25, 0.3) is 0 Å². The van der Waals surface area contributed by atoms with Crippen molar-refractivity contribution < 1.29 is 13.5 Å². The molecule has 0 spiro atoms. The lowest BCUT2D eigenvalue weighted by atomic mass is 10.1. The molecule has 0 aliphatic heterocycles. The Morgan fingerprint density at radius 2 is 1.56 bits per heavy atom. The minimum absolute atomic E-state index is 0.0534. The van der Waals surface area contributed by atoms with Crippen LogP contribution in [0.2, 0.25) is 0 Å². The standard InChI is InChI=1S/C14H13F2NO/c1-9(17)10-2-4-11(5-3-10)18-12-6-7-13(15)14(16)8-12/h2-9H,17H2,1H3/t9-/m1/s1. The Labute approximate surface area is 104 Å². The zero-order chi connectivity index (χ0) is 13.1. The van der Waals surface area contributed by atoms with Crippen LogP contribution in [0.5, 0.6) is 11.5 Å². The van der Waals surface area contributed by atoms with Gasteiger partial charge in [-0.25, -0.2) is 8.78 Å². The van der Waals surface area contributed by atoms with Crippen molar-refractivity contribution in [2.75, 3.05) is 0 Å². The summed E-state index contributed by atoms with van der Waals surface area (Å²) in [5.41, 5.74) is 6.70.